The molecule has 2 atom stereocenters. The van der Waals surface area contributed by atoms with Gasteiger partial charge in [0.25, 0.3) is 0 Å². The highest BCUT2D eigenvalue weighted by molar-refractivity contribution is 7.84. The smallest absolute Gasteiger partial charge is 0.410 e. The van der Waals surface area contributed by atoms with E-state index in [4.69, 9.17) is 4.74 Å². The molecule has 7 heteroatoms. The van der Waals surface area contributed by atoms with Gasteiger partial charge in [-0.25, -0.2) is 13.7 Å². The van der Waals surface area contributed by atoms with Gasteiger partial charge in [-0.3, -0.25) is 4.90 Å². The molecule has 1 aliphatic heterocycles. The number of hydrogen-bond donors (Lipinski definition) is 1. The number of para-hydroxylation sites is 1. The largest absolute Gasteiger partial charge is 0.415 e. The highest BCUT2D eigenvalue weighted by Gasteiger charge is 2.38. The summed E-state index contributed by atoms with van der Waals surface area (Å²) in [6.45, 7) is 15.4. The molecule has 1 fully saturated rings. The van der Waals surface area contributed by atoms with Gasteiger partial charge in [0.1, 0.15) is 5.75 Å². The van der Waals surface area contributed by atoms with Crippen LogP contribution in [0.5, 0.6) is 5.75 Å². The van der Waals surface area contributed by atoms with Gasteiger partial charge in [-0.05, 0) is 63.8 Å². The van der Waals surface area contributed by atoms with Gasteiger partial charge in [-0.15, -0.1) is 0 Å². The van der Waals surface area contributed by atoms with E-state index < -0.39 is 11.0 Å². The maximum atomic E-state index is 12.6. The standard InChI is InChI=1S/C28H41N3O3S/c1-7-28(8-2,24-16-14-23(15-17-24)22(3)29-35(33)27(4,5)6)31-20-18-30(19-21-31)26(32)34-25-12-10-9-11-13-25/h9-17,22,29H,7-8,18-21H2,1-6H3/t22-,35-/m0/s1. The normalized spacial score (nSPS) is 17.1. The lowest BCUT2D eigenvalue weighted by molar-refractivity contribution is 0.0264. The molecule has 1 saturated heterocycles. The van der Waals surface area contributed by atoms with Crippen molar-refractivity contribution in [2.45, 2.75) is 70.7 Å². The maximum absolute atomic E-state index is 12.6. The number of hydrogen-bond acceptors (Lipinski definition) is 4. The van der Waals surface area contributed by atoms with Gasteiger partial charge >= 0.3 is 6.09 Å². The van der Waals surface area contributed by atoms with Crippen molar-refractivity contribution in [3.05, 3.63) is 65.7 Å². The zero-order valence-corrected chi connectivity index (χ0v) is 22.9. The minimum absolute atomic E-state index is 0.000864. The molecular formula is C28H41N3O3S. The van der Waals surface area contributed by atoms with E-state index in [2.05, 4.69) is 54.7 Å². The Hall–Kier alpha value is -2.22. The van der Waals surface area contributed by atoms with E-state index in [0.717, 1.165) is 31.5 Å². The summed E-state index contributed by atoms with van der Waals surface area (Å²) in [5, 5.41) is 0. The van der Waals surface area contributed by atoms with Crippen LogP contribution in [0.25, 0.3) is 0 Å². The van der Waals surface area contributed by atoms with Crippen LogP contribution in [0.3, 0.4) is 0 Å². The van der Waals surface area contributed by atoms with Crippen molar-refractivity contribution in [3.8, 4) is 5.75 Å². The van der Waals surface area contributed by atoms with Gasteiger partial charge in [0.2, 0.25) is 0 Å². The summed E-state index contributed by atoms with van der Waals surface area (Å²) in [6, 6.07) is 18.0. The van der Waals surface area contributed by atoms with Gasteiger partial charge < -0.3 is 9.64 Å². The number of carbonyl (C=O) groups excluding carboxylic acids is 1. The number of nitrogens with zero attached hydrogens (tertiary/aromatic N) is 2. The number of piperazine rings is 1. The molecule has 0 radical (unpaired) electrons. The predicted molar refractivity (Wildman–Crippen MR) is 144 cm³/mol. The number of nitrogens with one attached hydrogen (secondary N) is 1. The molecule has 0 saturated carbocycles. The average molecular weight is 500 g/mol. The molecule has 6 nitrogen and oxygen atoms in total. The number of benzene rings is 2. The molecule has 192 valence electrons. The number of amides is 1. The van der Waals surface area contributed by atoms with Crippen LogP contribution >= 0.6 is 0 Å². The van der Waals surface area contributed by atoms with E-state index in [1.165, 1.54) is 5.56 Å². The molecule has 1 heterocycles. The molecule has 0 aliphatic carbocycles. The Morgan fingerprint density at radius 2 is 1.54 bits per heavy atom. The third-order valence-electron chi connectivity index (χ3n) is 7.05. The van der Waals surface area contributed by atoms with Crippen LogP contribution in [0, 0.1) is 0 Å². The monoisotopic (exact) mass is 499 g/mol. The first-order valence-corrected chi connectivity index (χ1v) is 13.8. The molecule has 0 bridgehead atoms. The molecule has 1 aliphatic rings. The third kappa shape index (κ3) is 6.51. The van der Waals surface area contributed by atoms with Crippen molar-refractivity contribution in [2.24, 2.45) is 0 Å². The zero-order chi connectivity index (χ0) is 25.6. The summed E-state index contributed by atoms with van der Waals surface area (Å²) in [6.07, 6.45) is 1.69. The van der Waals surface area contributed by atoms with Crippen molar-refractivity contribution >= 4 is 17.1 Å². The molecule has 0 spiro atoms. The number of rotatable bonds is 8. The third-order valence-corrected chi connectivity index (χ3v) is 8.73. The Bertz CT molecular complexity index is 977. The van der Waals surface area contributed by atoms with E-state index in [1.54, 1.807) is 17.0 Å². The van der Waals surface area contributed by atoms with Gasteiger partial charge in [0.15, 0.2) is 0 Å². The van der Waals surface area contributed by atoms with Gasteiger partial charge in [-0.2, -0.15) is 0 Å². The highest BCUT2D eigenvalue weighted by atomic mass is 32.2. The van der Waals surface area contributed by atoms with Crippen molar-refractivity contribution in [3.63, 3.8) is 0 Å². The van der Waals surface area contributed by atoms with E-state index in [-0.39, 0.29) is 22.4 Å². The van der Waals surface area contributed by atoms with E-state index in [1.807, 2.05) is 39.0 Å². The second kappa shape index (κ2) is 11.7. The predicted octanol–water partition coefficient (Wildman–Crippen LogP) is 5.63. The Morgan fingerprint density at radius 1 is 0.971 bits per heavy atom. The Kier molecular flexibility index (Phi) is 9.13. The summed E-state index contributed by atoms with van der Waals surface area (Å²) in [7, 11) is -1.12. The minimum atomic E-state index is -1.12. The molecule has 0 aromatic heterocycles. The molecule has 2 aromatic rings. The highest BCUT2D eigenvalue weighted by Crippen LogP contribution is 2.37. The fraction of sp³-hybridized carbons (Fsp3) is 0.536. The average Bonchev–Trinajstić information content (AvgIpc) is 2.86. The SMILES string of the molecule is CCC(CC)(c1ccc([C@H](C)N[S@@](=O)C(C)(C)C)cc1)N1CCN(C(=O)Oc2ccccc2)CC1. The summed E-state index contributed by atoms with van der Waals surface area (Å²) < 4.78 is 21.0. The van der Waals surface area contributed by atoms with Gasteiger partial charge in [-0.1, -0.05) is 56.3 Å². The first kappa shape index (κ1) is 27.4. The van der Waals surface area contributed by atoms with Crippen molar-refractivity contribution in [1.82, 2.24) is 14.5 Å². The van der Waals surface area contributed by atoms with Crippen molar-refractivity contribution < 1.29 is 13.7 Å². The quantitative estimate of drug-likeness (QED) is 0.511. The van der Waals surface area contributed by atoms with E-state index in [9.17, 15) is 9.00 Å². The van der Waals surface area contributed by atoms with E-state index in [0.29, 0.717) is 18.8 Å². The zero-order valence-electron chi connectivity index (χ0n) is 22.0. The Balaban J connectivity index is 1.67. The number of carbonyl (C=O) groups is 1. The minimum Gasteiger partial charge on any atom is -0.410 e. The van der Waals surface area contributed by atoms with Crippen molar-refractivity contribution in [1.29, 1.82) is 0 Å². The van der Waals surface area contributed by atoms with Crippen LogP contribution in [-0.4, -0.2) is 51.0 Å². The molecule has 0 unspecified atom stereocenters. The first-order chi connectivity index (χ1) is 16.6. The Labute approximate surface area is 213 Å². The van der Waals surface area contributed by atoms with E-state index >= 15 is 0 Å². The van der Waals surface area contributed by atoms with Crippen LogP contribution in [0.15, 0.2) is 54.6 Å². The summed E-state index contributed by atoms with van der Waals surface area (Å²) >= 11 is 0. The van der Waals surface area contributed by atoms with Crippen LogP contribution in [0.4, 0.5) is 4.79 Å². The van der Waals surface area contributed by atoms with Crippen LogP contribution in [0.2, 0.25) is 0 Å². The van der Waals surface area contributed by atoms with Crippen LogP contribution in [0.1, 0.15) is 71.6 Å². The van der Waals surface area contributed by atoms with Gasteiger partial charge in [0.05, 0.1) is 15.7 Å². The molecule has 2 aromatic carbocycles. The Morgan fingerprint density at radius 3 is 2.06 bits per heavy atom. The second-order valence-corrected chi connectivity index (χ2v) is 12.2. The van der Waals surface area contributed by atoms with Crippen molar-refractivity contribution in [2.75, 3.05) is 26.2 Å². The second-order valence-electron chi connectivity index (χ2n) is 10.2. The summed E-state index contributed by atoms with van der Waals surface area (Å²) in [4.78, 5) is 16.9. The maximum Gasteiger partial charge on any atom is 0.415 e. The van der Waals surface area contributed by atoms with Crippen LogP contribution in [-0.2, 0) is 16.5 Å². The fourth-order valence-electron chi connectivity index (χ4n) is 4.75. The fourth-order valence-corrected chi connectivity index (χ4v) is 5.56. The lowest BCUT2D eigenvalue weighted by Gasteiger charge is -2.47. The molecule has 35 heavy (non-hydrogen) atoms. The molecule has 1 N–H and O–H groups in total. The topological polar surface area (TPSA) is 61.9 Å². The number of ether oxygens (including phenoxy) is 1. The van der Waals surface area contributed by atoms with Gasteiger partial charge in [0, 0.05) is 37.8 Å². The molecule has 3 rings (SSSR count). The summed E-state index contributed by atoms with van der Waals surface area (Å²) in [5.41, 5.74) is 2.33. The summed E-state index contributed by atoms with van der Waals surface area (Å²) in [5.74, 6) is 0.575. The first-order valence-electron chi connectivity index (χ1n) is 12.7. The lowest BCUT2D eigenvalue weighted by Crippen LogP contribution is -2.56. The molecule has 1 amide bonds. The molecular weight excluding hydrogens is 458 g/mol. The lowest BCUT2D eigenvalue weighted by atomic mass is 9.82. The van der Waals surface area contributed by atoms with Crippen LogP contribution < -0.4 is 9.46 Å².